The topological polar surface area (TPSA) is 105 Å². The largest absolute Gasteiger partial charge is 0.487 e. The second-order valence-corrected chi connectivity index (χ2v) is 11.9. The van der Waals surface area contributed by atoms with Crippen molar-refractivity contribution in [1.82, 2.24) is 5.32 Å². The molecule has 214 valence electrons. The fourth-order valence-corrected chi connectivity index (χ4v) is 4.73. The summed E-state index contributed by atoms with van der Waals surface area (Å²) in [6.45, 7) is 4.61. The van der Waals surface area contributed by atoms with Crippen LogP contribution in [-0.2, 0) is 23.0 Å². The van der Waals surface area contributed by atoms with E-state index in [2.05, 4.69) is 27.3 Å². The molecular formula is C30H30ClFN4O4S. The van der Waals surface area contributed by atoms with Gasteiger partial charge in [-0.1, -0.05) is 23.7 Å². The van der Waals surface area contributed by atoms with Crippen LogP contribution in [-0.4, -0.2) is 46.6 Å². The second-order valence-electron chi connectivity index (χ2n) is 9.22. The van der Waals surface area contributed by atoms with Gasteiger partial charge in [0.2, 0.25) is 0 Å². The first kappa shape index (κ1) is 30.0. The molecule has 4 aromatic rings. The van der Waals surface area contributed by atoms with Crippen LogP contribution in [0, 0.1) is 5.82 Å². The molecule has 8 nitrogen and oxygen atoms in total. The molecule has 1 aromatic heterocycles. The van der Waals surface area contributed by atoms with E-state index >= 15 is 0 Å². The van der Waals surface area contributed by atoms with E-state index in [9.17, 15) is 12.8 Å². The van der Waals surface area contributed by atoms with Gasteiger partial charge in [-0.25, -0.2) is 12.8 Å². The summed E-state index contributed by atoms with van der Waals surface area (Å²) < 4.78 is 47.8. The molecular weight excluding hydrogens is 567 g/mol. The Morgan fingerprint density at radius 3 is 2.63 bits per heavy atom. The molecule has 0 aliphatic heterocycles. The Morgan fingerprint density at radius 1 is 1.10 bits per heavy atom. The van der Waals surface area contributed by atoms with Gasteiger partial charge >= 0.3 is 0 Å². The summed E-state index contributed by atoms with van der Waals surface area (Å²) in [7, 11) is -1.37. The minimum absolute atomic E-state index is 0.0575. The normalized spacial score (nSPS) is 11.9. The Morgan fingerprint density at radius 2 is 1.93 bits per heavy atom. The molecule has 0 saturated heterocycles. The van der Waals surface area contributed by atoms with Gasteiger partial charge in [-0.05, 0) is 72.9 Å². The molecule has 11 heteroatoms. The smallest absolute Gasteiger partial charge is 0.148 e. The van der Waals surface area contributed by atoms with Gasteiger partial charge in [-0.2, -0.15) is 0 Å². The summed E-state index contributed by atoms with van der Waals surface area (Å²) in [5.41, 5.74) is 3.50. The van der Waals surface area contributed by atoms with E-state index in [-0.39, 0.29) is 18.2 Å². The number of hydrogen-bond donors (Lipinski definition) is 2. The summed E-state index contributed by atoms with van der Waals surface area (Å²) >= 11 is 6.48. The molecule has 0 atom stereocenters. The number of benzene rings is 3. The van der Waals surface area contributed by atoms with E-state index in [1.807, 2.05) is 30.3 Å². The highest BCUT2D eigenvalue weighted by Gasteiger charge is 2.14. The molecule has 0 fully saturated rings. The average molecular weight is 597 g/mol. The monoisotopic (exact) mass is 596 g/mol. The third-order valence-corrected chi connectivity index (χ3v) is 7.26. The van der Waals surface area contributed by atoms with Crippen LogP contribution in [0.4, 0.5) is 15.8 Å². The summed E-state index contributed by atoms with van der Waals surface area (Å²) in [6, 6.07) is 20.7. The third kappa shape index (κ3) is 8.50. The number of aliphatic imine (C=N–C) groups is 2. The highest BCUT2D eigenvalue weighted by Crippen LogP contribution is 2.31. The van der Waals surface area contributed by atoms with Crippen molar-refractivity contribution in [3.8, 4) is 17.1 Å². The minimum atomic E-state index is -3.03. The molecule has 0 saturated carbocycles. The van der Waals surface area contributed by atoms with E-state index in [0.717, 1.165) is 5.56 Å². The van der Waals surface area contributed by atoms with Crippen LogP contribution in [0.5, 0.6) is 5.75 Å². The maximum Gasteiger partial charge on any atom is 0.148 e. The predicted octanol–water partition coefficient (Wildman–Crippen LogP) is 6.27. The van der Waals surface area contributed by atoms with Crippen molar-refractivity contribution in [2.75, 3.05) is 30.9 Å². The number of anilines is 1. The predicted molar refractivity (Wildman–Crippen MR) is 163 cm³/mol. The Labute approximate surface area is 243 Å². The SMILES string of the molecule is C=Nc1ccc(-c2ccc(CNCCS(C)(=O)=O)o2)cc1/C(=N\C)Nc1ccc(OCc2cccc(F)c2)c(Cl)c1. The summed E-state index contributed by atoms with van der Waals surface area (Å²) in [5.74, 6) is 2.05. The van der Waals surface area contributed by atoms with Gasteiger partial charge in [0.15, 0.2) is 0 Å². The molecule has 2 N–H and O–H groups in total. The number of hydrogen-bond acceptors (Lipinski definition) is 7. The molecule has 0 radical (unpaired) electrons. The highest BCUT2D eigenvalue weighted by molar-refractivity contribution is 7.90. The van der Waals surface area contributed by atoms with Gasteiger partial charge in [0.05, 0.1) is 23.0 Å². The molecule has 4 rings (SSSR count). The van der Waals surface area contributed by atoms with Gasteiger partial charge in [-0.3, -0.25) is 9.98 Å². The van der Waals surface area contributed by atoms with Crippen LogP contribution in [0.1, 0.15) is 16.9 Å². The lowest BCUT2D eigenvalue weighted by molar-refractivity contribution is 0.306. The molecule has 0 aliphatic carbocycles. The zero-order chi connectivity index (χ0) is 29.4. The number of ether oxygens (including phenoxy) is 1. The molecule has 41 heavy (non-hydrogen) atoms. The lowest BCUT2D eigenvalue weighted by Crippen LogP contribution is -2.21. The molecule has 0 bridgehead atoms. The summed E-state index contributed by atoms with van der Waals surface area (Å²) in [5, 5.41) is 6.74. The van der Waals surface area contributed by atoms with Crippen molar-refractivity contribution in [2.45, 2.75) is 13.2 Å². The number of sulfone groups is 1. The number of nitrogens with one attached hydrogen (secondary N) is 2. The van der Waals surface area contributed by atoms with Crippen molar-refractivity contribution in [3.05, 3.63) is 101 Å². The van der Waals surface area contributed by atoms with E-state index in [0.29, 0.717) is 63.7 Å². The molecule has 3 aromatic carbocycles. The Balaban J connectivity index is 1.47. The van der Waals surface area contributed by atoms with Crippen LogP contribution in [0.25, 0.3) is 11.3 Å². The quantitative estimate of drug-likeness (QED) is 0.113. The molecule has 0 aliphatic rings. The van der Waals surface area contributed by atoms with Crippen LogP contribution in [0.3, 0.4) is 0 Å². The zero-order valence-corrected chi connectivity index (χ0v) is 24.2. The van der Waals surface area contributed by atoms with Gasteiger partial charge < -0.3 is 19.8 Å². The minimum Gasteiger partial charge on any atom is -0.487 e. The van der Waals surface area contributed by atoms with Crippen LogP contribution in [0.2, 0.25) is 5.02 Å². The number of furan rings is 1. The van der Waals surface area contributed by atoms with Crippen molar-refractivity contribution in [2.24, 2.45) is 9.98 Å². The van der Waals surface area contributed by atoms with Crippen molar-refractivity contribution in [1.29, 1.82) is 0 Å². The third-order valence-electron chi connectivity index (χ3n) is 6.02. The molecule has 0 amide bonds. The number of nitrogens with zero attached hydrogens (tertiary/aromatic N) is 2. The van der Waals surface area contributed by atoms with Crippen molar-refractivity contribution < 1.29 is 22.0 Å². The lowest BCUT2D eigenvalue weighted by Gasteiger charge is -2.14. The molecule has 0 spiro atoms. The van der Waals surface area contributed by atoms with Gasteiger partial charge in [-0.15, -0.1) is 0 Å². The first-order valence-corrected chi connectivity index (χ1v) is 15.1. The van der Waals surface area contributed by atoms with Gasteiger partial charge in [0.1, 0.15) is 45.4 Å². The maximum atomic E-state index is 13.5. The van der Waals surface area contributed by atoms with Crippen molar-refractivity contribution in [3.63, 3.8) is 0 Å². The van der Waals surface area contributed by atoms with Crippen LogP contribution < -0.4 is 15.4 Å². The molecule has 1 heterocycles. The Bertz CT molecular complexity index is 1670. The van der Waals surface area contributed by atoms with Gasteiger partial charge in [0, 0.05) is 36.7 Å². The standard InChI is InChI=1S/C30H30ClFN4O4S/c1-33-27-10-7-21(28-12-9-24(40-28)18-35-13-14-41(3,37)38)16-25(27)30(34-2)36-23-8-11-29(26(31)17-23)39-19-20-5-4-6-22(32)15-20/h4-12,15-17,35H,1,13-14,18-19H2,2-3H3,(H,34,36). The van der Waals surface area contributed by atoms with E-state index in [1.54, 1.807) is 37.4 Å². The summed E-state index contributed by atoms with van der Waals surface area (Å²) in [6.07, 6.45) is 1.21. The van der Waals surface area contributed by atoms with E-state index in [1.165, 1.54) is 18.4 Å². The maximum absolute atomic E-state index is 13.5. The highest BCUT2D eigenvalue weighted by atomic mass is 35.5. The first-order valence-electron chi connectivity index (χ1n) is 12.6. The number of halogens is 2. The van der Waals surface area contributed by atoms with Crippen LogP contribution in [0.15, 0.2) is 87.2 Å². The van der Waals surface area contributed by atoms with E-state index in [4.69, 9.17) is 20.8 Å². The fraction of sp³-hybridized carbons (Fsp3) is 0.200. The van der Waals surface area contributed by atoms with Gasteiger partial charge in [0.25, 0.3) is 0 Å². The Kier molecular flexibility index (Phi) is 9.93. The fourth-order valence-electron chi connectivity index (χ4n) is 3.98. The average Bonchev–Trinajstić information content (AvgIpc) is 3.42. The van der Waals surface area contributed by atoms with E-state index < -0.39 is 9.84 Å². The second kappa shape index (κ2) is 13.6. The summed E-state index contributed by atoms with van der Waals surface area (Å²) in [4.78, 5) is 8.57. The number of rotatable bonds is 12. The van der Waals surface area contributed by atoms with Crippen LogP contribution >= 0.6 is 11.6 Å². The number of amidine groups is 1. The molecule has 0 unspecified atom stereocenters. The van der Waals surface area contributed by atoms with Crippen molar-refractivity contribution >= 4 is 45.4 Å². The zero-order valence-electron chi connectivity index (χ0n) is 22.7. The lowest BCUT2D eigenvalue weighted by atomic mass is 10.1. The first-order chi connectivity index (χ1) is 19.6. The Hall–Kier alpha value is -3.99.